The third-order valence-corrected chi connectivity index (χ3v) is 8.51. The maximum atomic E-state index is 13.6. The monoisotopic (exact) mass is 607 g/mol. The summed E-state index contributed by atoms with van der Waals surface area (Å²) < 4.78 is 12.4. The number of nitrogens with one attached hydrogen (secondary N) is 2. The number of carbonyl (C=O) groups is 3. The average molecular weight is 608 g/mol. The van der Waals surface area contributed by atoms with Crippen molar-refractivity contribution in [2.75, 3.05) is 25.1 Å². The molecule has 6 rings (SSSR count). The van der Waals surface area contributed by atoms with Crippen molar-refractivity contribution in [2.24, 2.45) is 0 Å². The smallest absolute Gasteiger partial charge is 0.330 e. The van der Waals surface area contributed by atoms with E-state index in [-0.39, 0.29) is 18.4 Å². The molecule has 2 fully saturated rings. The average Bonchev–Trinajstić information content (AvgIpc) is 3.71. The molecule has 232 valence electrons. The van der Waals surface area contributed by atoms with Crippen LogP contribution in [-0.2, 0) is 19.1 Å². The maximum Gasteiger partial charge on any atom is 0.330 e. The first-order valence-corrected chi connectivity index (χ1v) is 15.6. The van der Waals surface area contributed by atoms with E-state index < -0.39 is 11.5 Å². The third kappa shape index (κ3) is 6.66. The highest BCUT2D eigenvalue weighted by Crippen LogP contribution is 2.37. The third-order valence-electron chi connectivity index (χ3n) is 8.51. The highest BCUT2D eigenvalue weighted by Gasteiger charge is 2.44. The van der Waals surface area contributed by atoms with Gasteiger partial charge in [-0.1, -0.05) is 43.5 Å². The summed E-state index contributed by atoms with van der Waals surface area (Å²) in [5.41, 5.74) is 2.38. The van der Waals surface area contributed by atoms with Gasteiger partial charge in [-0.3, -0.25) is 9.59 Å². The van der Waals surface area contributed by atoms with Gasteiger partial charge >= 0.3 is 5.97 Å². The van der Waals surface area contributed by atoms with Crippen molar-refractivity contribution in [3.63, 3.8) is 0 Å². The number of rotatable bonds is 9. The molecule has 2 aromatic heterocycles. The molecule has 1 aliphatic heterocycles. The summed E-state index contributed by atoms with van der Waals surface area (Å²) >= 11 is 0. The van der Waals surface area contributed by atoms with E-state index in [1.807, 2.05) is 28.9 Å². The SMILES string of the molecule is CCOC(=O)C=Cc1ccc(NC(=O)[C@@]2(NC(=O)c3ccc4c(C5CCCCC5)n(-c5ccccn5)nc4c3)CCOC2)cc1. The number of anilines is 1. The topological polar surface area (TPSA) is 124 Å². The zero-order chi connectivity index (χ0) is 31.2. The zero-order valence-corrected chi connectivity index (χ0v) is 25.3. The molecule has 0 unspecified atom stereocenters. The first-order valence-electron chi connectivity index (χ1n) is 15.6. The van der Waals surface area contributed by atoms with Crippen LogP contribution in [0.25, 0.3) is 22.8 Å². The number of nitrogens with zero attached hydrogens (tertiary/aromatic N) is 3. The van der Waals surface area contributed by atoms with E-state index in [4.69, 9.17) is 14.6 Å². The van der Waals surface area contributed by atoms with E-state index in [1.54, 1.807) is 55.6 Å². The van der Waals surface area contributed by atoms with Crippen molar-refractivity contribution < 1.29 is 23.9 Å². The van der Waals surface area contributed by atoms with E-state index in [9.17, 15) is 14.4 Å². The molecule has 45 heavy (non-hydrogen) atoms. The standard InChI is InChI=1S/C35H37N5O5/c1-2-45-31(41)18-13-24-11-15-27(16-12-24)37-34(43)35(19-21-44-23-35)38-33(42)26-14-17-28-29(22-26)39-40(30-10-6-7-20-36-30)32(28)25-8-4-3-5-9-25/h6-7,10-18,20,22,25H,2-5,8-9,19,21,23H2,1H3,(H,37,43)(H,38,42)/t35-/m1/s1. The Kier molecular flexibility index (Phi) is 9.02. The van der Waals surface area contributed by atoms with Gasteiger partial charge < -0.3 is 20.1 Å². The second-order valence-electron chi connectivity index (χ2n) is 11.6. The lowest BCUT2D eigenvalue weighted by atomic mass is 9.85. The van der Waals surface area contributed by atoms with E-state index in [0.29, 0.717) is 42.3 Å². The Morgan fingerprint density at radius 2 is 1.89 bits per heavy atom. The number of amides is 2. The van der Waals surface area contributed by atoms with Crippen LogP contribution < -0.4 is 10.6 Å². The van der Waals surface area contributed by atoms with Crippen LogP contribution in [0.3, 0.4) is 0 Å². The second-order valence-corrected chi connectivity index (χ2v) is 11.6. The van der Waals surface area contributed by atoms with Crippen molar-refractivity contribution in [3.05, 3.63) is 89.8 Å². The first-order chi connectivity index (χ1) is 22.0. The number of hydrogen-bond acceptors (Lipinski definition) is 7. The number of ether oxygens (including phenoxy) is 2. The molecule has 1 aliphatic carbocycles. The minimum Gasteiger partial charge on any atom is -0.463 e. The molecule has 4 aromatic rings. The van der Waals surface area contributed by atoms with Crippen LogP contribution in [0.1, 0.15) is 73.0 Å². The lowest BCUT2D eigenvalue weighted by Gasteiger charge is -2.27. The normalized spacial score (nSPS) is 18.7. The fourth-order valence-corrected chi connectivity index (χ4v) is 6.14. The molecule has 2 N–H and O–H groups in total. The highest BCUT2D eigenvalue weighted by molar-refractivity contribution is 6.05. The molecule has 3 heterocycles. The number of benzene rings is 2. The van der Waals surface area contributed by atoms with Crippen molar-refractivity contribution in [2.45, 2.75) is 56.9 Å². The van der Waals surface area contributed by atoms with Crippen molar-refractivity contribution in [3.8, 4) is 5.82 Å². The van der Waals surface area contributed by atoms with Gasteiger partial charge in [-0.25, -0.2) is 14.5 Å². The van der Waals surface area contributed by atoms with Crippen LogP contribution in [0.2, 0.25) is 0 Å². The minimum atomic E-state index is -1.23. The van der Waals surface area contributed by atoms with Crippen LogP contribution in [0.4, 0.5) is 5.69 Å². The number of aromatic nitrogens is 3. The summed E-state index contributed by atoms with van der Waals surface area (Å²) in [7, 11) is 0. The van der Waals surface area contributed by atoms with Gasteiger partial charge in [0.25, 0.3) is 11.8 Å². The molecule has 10 heteroatoms. The molecule has 2 amide bonds. The summed E-state index contributed by atoms with van der Waals surface area (Å²) in [5, 5.41) is 11.8. The van der Waals surface area contributed by atoms with Crippen LogP contribution in [0.15, 0.2) is 72.9 Å². The lowest BCUT2D eigenvalue weighted by molar-refractivity contribution is -0.137. The zero-order valence-electron chi connectivity index (χ0n) is 25.3. The summed E-state index contributed by atoms with van der Waals surface area (Å²) in [5.74, 6) is -0.0243. The van der Waals surface area contributed by atoms with Crippen molar-refractivity contribution in [1.82, 2.24) is 20.1 Å². The molecule has 0 radical (unpaired) electrons. The highest BCUT2D eigenvalue weighted by atomic mass is 16.5. The van der Waals surface area contributed by atoms with Gasteiger partial charge in [0.05, 0.1) is 24.4 Å². The van der Waals surface area contributed by atoms with Gasteiger partial charge in [0.2, 0.25) is 0 Å². The van der Waals surface area contributed by atoms with E-state index in [2.05, 4.69) is 15.6 Å². The summed E-state index contributed by atoms with van der Waals surface area (Å²) in [6.45, 7) is 2.47. The van der Waals surface area contributed by atoms with Crippen LogP contribution in [-0.4, -0.2) is 57.9 Å². The number of hydrogen-bond donors (Lipinski definition) is 2. The Morgan fingerprint density at radius 1 is 1.07 bits per heavy atom. The van der Waals surface area contributed by atoms with Gasteiger partial charge in [-0.05, 0) is 67.8 Å². The van der Waals surface area contributed by atoms with Crippen molar-refractivity contribution in [1.29, 1.82) is 0 Å². The molecular formula is C35H37N5O5. The minimum absolute atomic E-state index is 0.0628. The van der Waals surface area contributed by atoms with Gasteiger partial charge in [0.15, 0.2) is 5.82 Å². The second kappa shape index (κ2) is 13.4. The van der Waals surface area contributed by atoms with Gasteiger partial charge in [-0.2, -0.15) is 5.10 Å². The largest absolute Gasteiger partial charge is 0.463 e. The van der Waals surface area contributed by atoms with Crippen LogP contribution in [0.5, 0.6) is 0 Å². The molecule has 2 aromatic carbocycles. The molecule has 10 nitrogen and oxygen atoms in total. The van der Waals surface area contributed by atoms with E-state index in [1.165, 1.54) is 25.3 Å². The maximum absolute atomic E-state index is 13.6. The van der Waals surface area contributed by atoms with E-state index >= 15 is 0 Å². The molecule has 1 saturated heterocycles. The Morgan fingerprint density at radius 3 is 2.60 bits per heavy atom. The van der Waals surface area contributed by atoms with Crippen LogP contribution in [0, 0.1) is 0 Å². The number of pyridine rings is 1. The lowest BCUT2D eigenvalue weighted by Crippen LogP contribution is -2.57. The Hall–Kier alpha value is -4.83. The Bertz CT molecular complexity index is 1700. The number of esters is 1. The fraction of sp³-hybridized carbons (Fsp3) is 0.343. The Labute approximate surface area is 261 Å². The molecule has 0 spiro atoms. The van der Waals surface area contributed by atoms with Gasteiger partial charge in [0, 0.05) is 47.9 Å². The Balaban J connectivity index is 1.21. The number of fused-ring (bicyclic) bond motifs is 1. The molecule has 1 atom stereocenters. The number of carbonyl (C=O) groups excluding carboxylic acids is 3. The summed E-state index contributed by atoms with van der Waals surface area (Å²) in [6.07, 6.45) is 10.9. The van der Waals surface area contributed by atoms with E-state index in [0.717, 1.165) is 35.3 Å². The van der Waals surface area contributed by atoms with Crippen LogP contribution >= 0.6 is 0 Å². The molecular weight excluding hydrogens is 570 g/mol. The molecule has 2 aliphatic rings. The first kappa shape index (κ1) is 30.2. The molecule has 1 saturated carbocycles. The van der Waals surface area contributed by atoms with Gasteiger partial charge in [0.1, 0.15) is 5.54 Å². The van der Waals surface area contributed by atoms with Crippen molar-refractivity contribution >= 4 is 40.4 Å². The summed E-state index contributed by atoms with van der Waals surface area (Å²) in [4.78, 5) is 43.4. The fourth-order valence-electron chi connectivity index (χ4n) is 6.14. The van der Waals surface area contributed by atoms with Gasteiger partial charge in [-0.15, -0.1) is 0 Å². The predicted molar refractivity (Wildman–Crippen MR) is 171 cm³/mol. The molecule has 0 bridgehead atoms. The quantitative estimate of drug-likeness (QED) is 0.188. The summed E-state index contributed by atoms with van der Waals surface area (Å²) in [6, 6.07) is 18.4. The predicted octanol–water partition coefficient (Wildman–Crippen LogP) is 5.57.